The summed E-state index contributed by atoms with van der Waals surface area (Å²) in [4.78, 5) is 12.6. The Morgan fingerprint density at radius 1 is 1.11 bits per heavy atom. The summed E-state index contributed by atoms with van der Waals surface area (Å²) in [6.45, 7) is 7.35. The minimum atomic E-state index is -3.93. The average molecular weight is 466 g/mol. The van der Waals surface area contributed by atoms with E-state index >= 15 is 0 Å². The third kappa shape index (κ3) is 5.65. The van der Waals surface area contributed by atoms with Crippen molar-refractivity contribution in [3.63, 3.8) is 0 Å². The molecule has 0 heterocycles. The van der Waals surface area contributed by atoms with Crippen LogP contribution in [-0.4, -0.2) is 26.6 Å². The smallest absolute Gasteiger partial charge is 0.264 e. The number of hydrogen-bond acceptors (Lipinski definition) is 4. The number of nitrogens with one attached hydrogen (secondary N) is 1. The molecule has 2 aromatic rings. The number of carbonyl (C=O) groups excluding carboxylic acids is 1. The quantitative estimate of drug-likeness (QED) is 0.513. The van der Waals surface area contributed by atoms with E-state index in [0.717, 1.165) is 10.0 Å². The Hall–Kier alpha value is -2.19. The molecule has 2 rings (SSSR count). The van der Waals surface area contributed by atoms with Crippen molar-refractivity contribution in [1.29, 1.82) is 0 Å². The van der Waals surface area contributed by atoms with Crippen LogP contribution in [0.3, 0.4) is 0 Å². The zero-order valence-electron chi connectivity index (χ0n) is 16.3. The van der Waals surface area contributed by atoms with Crippen LogP contribution < -0.4 is 9.73 Å². The summed E-state index contributed by atoms with van der Waals surface area (Å²) in [5.41, 5.74) is 3.37. The van der Waals surface area contributed by atoms with Gasteiger partial charge in [0.15, 0.2) is 0 Å². The van der Waals surface area contributed by atoms with Crippen molar-refractivity contribution >= 4 is 43.3 Å². The molecule has 1 N–H and O–H groups in total. The van der Waals surface area contributed by atoms with Crippen molar-refractivity contribution in [3.8, 4) is 0 Å². The van der Waals surface area contributed by atoms with Crippen LogP contribution in [0.2, 0.25) is 0 Å². The molecule has 0 saturated carbocycles. The molecular weight excluding hydrogens is 442 g/mol. The molecule has 0 unspecified atom stereocenters. The first kappa shape index (κ1) is 22.1. The minimum absolute atomic E-state index is 0.108. The number of benzene rings is 2. The molecule has 0 atom stereocenters. The summed E-state index contributed by atoms with van der Waals surface area (Å²) in [7, 11) is -3.93. The van der Waals surface area contributed by atoms with Crippen LogP contribution in [0.15, 0.2) is 69.1 Å². The van der Waals surface area contributed by atoms with Crippen LogP contribution >= 0.6 is 15.9 Å². The molecule has 0 spiro atoms. The fourth-order valence-corrected chi connectivity index (χ4v) is 3.97. The van der Waals surface area contributed by atoms with E-state index < -0.39 is 22.5 Å². The molecule has 0 aliphatic rings. The summed E-state index contributed by atoms with van der Waals surface area (Å²) < 4.78 is 28.1. The van der Waals surface area contributed by atoms with Gasteiger partial charge in [-0.15, -0.1) is 0 Å². The first-order valence-corrected chi connectivity index (χ1v) is 10.9. The third-order valence-corrected chi connectivity index (χ3v) is 6.43. The van der Waals surface area contributed by atoms with Gasteiger partial charge in [-0.25, -0.2) is 13.8 Å². The maximum absolute atomic E-state index is 13.2. The average Bonchev–Trinajstić information content (AvgIpc) is 2.64. The molecule has 28 heavy (non-hydrogen) atoms. The predicted octanol–water partition coefficient (Wildman–Crippen LogP) is 4.18. The number of rotatable bonds is 6. The summed E-state index contributed by atoms with van der Waals surface area (Å²) >= 11 is 3.35. The summed E-state index contributed by atoms with van der Waals surface area (Å²) in [5, 5.41) is 4.10. The van der Waals surface area contributed by atoms with Gasteiger partial charge in [-0.3, -0.25) is 9.10 Å². The minimum Gasteiger partial charge on any atom is -0.271 e. The number of hydrazone groups is 1. The SMILES string of the molecule is C/C(=N/NC(=O)CN(c1cccc(Br)c1)S(=O)(=O)c1ccccc1)C(C)(C)C. The van der Waals surface area contributed by atoms with E-state index in [0.29, 0.717) is 10.2 Å². The number of amides is 1. The van der Waals surface area contributed by atoms with Crippen molar-refractivity contribution in [2.45, 2.75) is 32.6 Å². The lowest BCUT2D eigenvalue weighted by Gasteiger charge is -2.24. The van der Waals surface area contributed by atoms with E-state index in [1.165, 1.54) is 12.1 Å². The van der Waals surface area contributed by atoms with E-state index in [4.69, 9.17) is 0 Å². The van der Waals surface area contributed by atoms with Gasteiger partial charge in [-0.2, -0.15) is 5.10 Å². The van der Waals surface area contributed by atoms with Crippen LogP contribution in [0.1, 0.15) is 27.7 Å². The van der Waals surface area contributed by atoms with Gasteiger partial charge in [-0.1, -0.05) is 61.0 Å². The topological polar surface area (TPSA) is 78.8 Å². The fraction of sp³-hybridized carbons (Fsp3) is 0.300. The van der Waals surface area contributed by atoms with Crippen molar-refractivity contribution < 1.29 is 13.2 Å². The molecule has 1 amide bonds. The van der Waals surface area contributed by atoms with E-state index in [2.05, 4.69) is 26.5 Å². The summed E-state index contributed by atoms with van der Waals surface area (Å²) in [5.74, 6) is -0.525. The maximum atomic E-state index is 13.2. The van der Waals surface area contributed by atoms with Gasteiger partial charge < -0.3 is 0 Å². The Morgan fingerprint density at radius 3 is 2.32 bits per heavy atom. The Balaban J connectivity index is 2.36. The molecule has 6 nitrogen and oxygen atoms in total. The normalized spacial score (nSPS) is 12.5. The van der Waals surface area contributed by atoms with Gasteiger partial charge in [0.1, 0.15) is 6.54 Å². The van der Waals surface area contributed by atoms with Crippen molar-refractivity contribution in [2.24, 2.45) is 10.5 Å². The van der Waals surface area contributed by atoms with Crippen LogP contribution in [0, 0.1) is 5.41 Å². The second-order valence-electron chi connectivity index (χ2n) is 7.29. The zero-order chi connectivity index (χ0) is 20.9. The first-order valence-electron chi connectivity index (χ1n) is 8.69. The van der Waals surface area contributed by atoms with Gasteiger partial charge in [-0.05, 0) is 37.3 Å². The molecular formula is C20H24BrN3O3S. The standard InChI is InChI=1S/C20H24BrN3O3S/c1-15(20(2,3)4)22-23-19(25)14-24(17-10-8-9-16(21)13-17)28(26,27)18-11-6-5-7-12-18/h5-13H,14H2,1-4H3,(H,23,25)/b22-15-. The Labute approximate surface area is 174 Å². The van der Waals surface area contributed by atoms with Crippen LogP contribution in [0.25, 0.3) is 0 Å². The number of nitrogens with zero attached hydrogens (tertiary/aromatic N) is 2. The molecule has 0 radical (unpaired) electrons. The number of hydrogen-bond donors (Lipinski definition) is 1. The second-order valence-corrected chi connectivity index (χ2v) is 10.1. The van der Waals surface area contributed by atoms with Crippen molar-refractivity contribution in [3.05, 3.63) is 59.1 Å². The Morgan fingerprint density at radius 2 is 1.75 bits per heavy atom. The van der Waals surface area contributed by atoms with Gasteiger partial charge in [0.25, 0.3) is 15.9 Å². The van der Waals surface area contributed by atoms with E-state index in [9.17, 15) is 13.2 Å². The van der Waals surface area contributed by atoms with E-state index in [-0.39, 0.29) is 10.3 Å². The molecule has 0 bridgehead atoms. The van der Waals surface area contributed by atoms with Crippen LogP contribution in [0.5, 0.6) is 0 Å². The largest absolute Gasteiger partial charge is 0.271 e. The number of sulfonamides is 1. The maximum Gasteiger partial charge on any atom is 0.264 e. The van der Waals surface area contributed by atoms with Crippen LogP contribution in [-0.2, 0) is 14.8 Å². The Bertz CT molecular complexity index is 968. The van der Waals surface area contributed by atoms with Crippen LogP contribution in [0.4, 0.5) is 5.69 Å². The lowest BCUT2D eigenvalue weighted by Crippen LogP contribution is -2.40. The molecule has 2 aromatic carbocycles. The highest BCUT2D eigenvalue weighted by atomic mass is 79.9. The number of carbonyl (C=O) groups is 1. The summed E-state index contributed by atoms with van der Waals surface area (Å²) in [6, 6.07) is 14.8. The van der Waals surface area contributed by atoms with Crippen molar-refractivity contribution in [2.75, 3.05) is 10.8 Å². The number of halogens is 1. The molecule has 8 heteroatoms. The second kappa shape index (κ2) is 8.87. The lowest BCUT2D eigenvalue weighted by molar-refractivity contribution is -0.119. The highest BCUT2D eigenvalue weighted by molar-refractivity contribution is 9.10. The van der Waals surface area contributed by atoms with E-state index in [1.54, 1.807) is 42.5 Å². The Kier molecular flexibility index (Phi) is 7.01. The van der Waals surface area contributed by atoms with Gasteiger partial charge in [0.05, 0.1) is 10.6 Å². The van der Waals surface area contributed by atoms with Gasteiger partial charge in [0, 0.05) is 15.6 Å². The van der Waals surface area contributed by atoms with Gasteiger partial charge in [0.2, 0.25) is 0 Å². The monoisotopic (exact) mass is 465 g/mol. The molecule has 0 aliphatic carbocycles. The highest BCUT2D eigenvalue weighted by Crippen LogP contribution is 2.26. The first-order chi connectivity index (χ1) is 13.0. The summed E-state index contributed by atoms with van der Waals surface area (Å²) in [6.07, 6.45) is 0. The van der Waals surface area contributed by atoms with Gasteiger partial charge >= 0.3 is 0 Å². The van der Waals surface area contributed by atoms with E-state index in [1.807, 2.05) is 27.7 Å². The highest BCUT2D eigenvalue weighted by Gasteiger charge is 2.27. The molecule has 0 fully saturated rings. The lowest BCUT2D eigenvalue weighted by atomic mass is 9.91. The molecule has 150 valence electrons. The number of anilines is 1. The predicted molar refractivity (Wildman–Crippen MR) is 116 cm³/mol. The molecule has 0 aliphatic heterocycles. The molecule has 0 aromatic heterocycles. The third-order valence-electron chi connectivity index (χ3n) is 4.15. The molecule has 0 saturated heterocycles. The fourth-order valence-electron chi connectivity index (χ4n) is 2.15. The zero-order valence-corrected chi connectivity index (χ0v) is 18.7. The van der Waals surface area contributed by atoms with Crippen molar-refractivity contribution in [1.82, 2.24) is 5.43 Å².